The van der Waals surface area contributed by atoms with Crippen LogP contribution in [0.5, 0.6) is 5.75 Å². The number of thiazole rings is 1. The van der Waals surface area contributed by atoms with E-state index in [0.29, 0.717) is 22.1 Å². The minimum Gasteiger partial charge on any atom is -0.478 e. The third-order valence-corrected chi connectivity index (χ3v) is 5.62. The van der Waals surface area contributed by atoms with Crippen molar-refractivity contribution in [2.75, 3.05) is 16.9 Å². The summed E-state index contributed by atoms with van der Waals surface area (Å²) in [4.78, 5) is 28.5. The number of carbonyl (C=O) groups is 2. The van der Waals surface area contributed by atoms with Gasteiger partial charge < -0.3 is 10.1 Å². The molecule has 0 fully saturated rings. The van der Waals surface area contributed by atoms with Gasteiger partial charge in [0.2, 0.25) is 0 Å². The van der Waals surface area contributed by atoms with Crippen LogP contribution in [0.2, 0.25) is 0 Å². The summed E-state index contributed by atoms with van der Waals surface area (Å²) < 4.78 is 6.65. The number of aromatic nitrogens is 1. The van der Waals surface area contributed by atoms with Crippen LogP contribution in [0.3, 0.4) is 0 Å². The number of amides is 2. The van der Waals surface area contributed by atoms with E-state index in [9.17, 15) is 9.59 Å². The molecule has 120 valence electrons. The maximum atomic E-state index is 12.5. The number of hydrogen-bond donors (Lipinski definition) is 2. The monoisotopic (exact) mass is 349 g/mol. The van der Waals surface area contributed by atoms with E-state index in [4.69, 9.17) is 4.74 Å². The van der Waals surface area contributed by atoms with Crippen molar-refractivity contribution in [2.24, 2.45) is 0 Å². The Morgan fingerprint density at radius 2 is 2.26 bits per heavy atom. The lowest BCUT2D eigenvalue weighted by atomic mass is 10.1. The Hall–Kier alpha value is -2.06. The molecular weight excluding hydrogens is 334 g/mol. The minimum atomic E-state index is -0.637. The lowest BCUT2D eigenvalue weighted by molar-refractivity contribution is -0.122. The van der Waals surface area contributed by atoms with Gasteiger partial charge in [0, 0.05) is 0 Å². The molecular formula is C15H15N3O3S2. The van der Waals surface area contributed by atoms with E-state index in [0.717, 1.165) is 9.90 Å². The number of nitrogens with zero attached hydrogens (tertiary/aromatic N) is 1. The molecule has 0 radical (unpaired) electrons. The van der Waals surface area contributed by atoms with Crippen molar-refractivity contribution in [1.82, 2.24) is 4.98 Å². The topological polar surface area (TPSA) is 80.3 Å². The Morgan fingerprint density at radius 3 is 2.96 bits per heavy atom. The first-order valence-corrected chi connectivity index (χ1v) is 8.97. The first-order valence-electron chi connectivity index (χ1n) is 6.93. The molecule has 2 N–H and O–H groups in total. The molecule has 0 unspecified atom stereocenters. The summed E-state index contributed by atoms with van der Waals surface area (Å²) in [7, 11) is 0. The highest BCUT2D eigenvalue weighted by molar-refractivity contribution is 8.00. The largest absolute Gasteiger partial charge is 0.478 e. The Labute approximate surface area is 141 Å². The zero-order valence-corrected chi connectivity index (χ0v) is 14.4. The van der Waals surface area contributed by atoms with Crippen molar-refractivity contribution in [2.45, 2.75) is 24.2 Å². The molecule has 0 bridgehead atoms. The highest BCUT2D eigenvalue weighted by Gasteiger charge is 2.27. The molecule has 3 rings (SSSR count). The van der Waals surface area contributed by atoms with E-state index in [-0.39, 0.29) is 11.8 Å². The van der Waals surface area contributed by atoms with Crippen molar-refractivity contribution in [3.63, 3.8) is 0 Å². The van der Waals surface area contributed by atoms with E-state index >= 15 is 0 Å². The average Bonchev–Trinajstić information content (AvgIpc) is 2.87. The zero-order chi connectivity index (χ0) is 16.6. The van der Waals surface area contributed by atoms with E-state index in [2.05, 4.69) is 15.6 Å². The van der Waals surface area contributed by atoms with Gasteiger partial charge in [0.1, 0.15) is 0 Å². The van der Waals surface area contributed by atoms with E-state index in [1.807, 2.05) is 13.2 Å². The number of carbonyl (C=O) groups excluding carboxylic acids is 2. The van der Waals surface area contributed by atoms with Crippen LogP contribution in [0.25, 0.3) is 0 Å². The summed E-state index contributed by atoms with van der Waals surface area (Å²) in [6, 6.07) is 5.07. The lowest BCUT2D eigenvalue weighted by Crippen LogP contribution is -2.35. The molecule has 8 heteroatoms. The quantitative estimate of drug-likeness (QED) is 0.832. The number of hydrogen-bond acceptors (Lipinski definition) is 6. The van der Waals surface area contributed by atoms with Gasteiger partial charge in [0.15, 0.2) is 17.0 Å². The molecule has 23 heavy (non-hydrogen) atoms. The molecule has 0 saturated heterocycles. The molecule has 0 spiro atoms. The number of benzene rings is 1. The van der Waals surface area contributed by atoms with Gasteiger partial charge in [-0.3, -0.25) is 14.9 Å². The fourth-order valence-electron chi connectivity index (χ4n) is 2.20. The Balaban J connectivity index is 1.88. The summed E-state index contributed by atoms with van der Waals surface area (Å²) in [5, 5.41) is 6.07. The predicted molar refractivity (Wildman–Crippen MR) is 91.7 cm³/mol. The summed E-state index contributed by atoms with van der Waals surface area (Å²) >= 11 is 3.03. The molecule has 1 aromatic heterocycles. The summed E-state index contributed by atoms with van der Waals surface area (Å²) in [6.45, 7) is 3.55. The second-order valence-corrected chi connectivity index (χ2v) is 7.06. The van der Waals surface area contributed by atoms with Crippen LogP contribution >= 0.6 is 23.1 Å². The molecule has 0 aliphatic carbocycles. The fraction of sp³-hybridized carbons (Fsp3) is 0.267. The molecule has 0 saturated carbocycles. The molecule has 2 heterocycles. The Bertz CT molecular complexity index is 788. The molecule has 2 amide bonds. The van der Waals surface area contributed by atoms with Crippen LogP contribution in [0.15, 0.2) is 22.4 Å². The number of aryl methyl sites for hydroxylation is 1. The van der Waals surface area contributed by atoms with Crippen LogP contribution in [0.4, 0.5) is 10.8 Å². The molecule has 1 aliphatic heterocycles. The van der Waals surface area contributed by atoms with Crippen molar-refractivity contribution < 1.29 is 14.3 Å². The van der Waals surface area contributed by atoms with E-state index in [1.54, 1.807) is 36.9 Å². The average molecular weight is 349 g/mol. The SMILES string of the molecule is CSc1sc(NC(=O)c2cccc3c2O[C@H](C)C(=O)N3)nc1C. The van der Waals surface area contributed by atoms with Crippen molar-refractivity contribution in [3.8, 4) is 5.75 Å². The van der Waals surface area contributed by atoms with Gasteiger partial charge in [-0.05, 0) is 32.2 Å². The summed E-state index contributed by atoms with van der Waals surface area (Å²) in [6.07, 6.45) is 1.33. The number of fused-ring (bicyclic) bond motifs is 1. The van der Waals surface area contributed by atoms with Crippen LogP contribution in [0, 0.1) is 6.92 Å². The second kappa shape index (κ2) is 6.21. The van der Waals surface area contributed by atoms with E-state index < -0.39 is 6.10 Å². The number of ether oxygens (including phenoxy) is 1. The minimum absolute atomic E-state index is 0.227. The first kappa shape index (κ1) is 15.8. The van der Waals surface area contributed by atoms with Crippen molar-refractivity contribution in [1.29, 1.82) is 0 Å². The molecule has 1 atom stereocenters. The third-order valence-electron chi connectivity index (χ3n) is 3.34. The Morgan fingerprint density at radius 1 is 1.48 bits per heavy atom. The molecule has 2 aromatic rings. The number of rotatable bonds is 3. The third kappa shape index (κ3) is 3.04. The van der Waals surface area contributed by atoms with Crippen LogP contribution in [-0.2, 0) is 4.79 Å². The maximum absolute atomic E-state index is 12.5. The Kier molecular flexibility index (Phi) is 4.27. The molecule has 1 aliphatic rings. The second-order valence-electron chi connectivity index (χ2n) is 4.98. The fourth-order valence-corrected chi connectivity index (χ4v) is 3.80. The highest BCUT2D eigenvalue weighted by Crippen LogP contribution is 2.35. The van der Waals surface area contributed by atoms with Crippen LogP contribution < -0.4 is 15.4 Å². The first-order chi connectivity index (χ1) is 11.0. The number of nitrogens with one attached hydrogen (secondary N) is 2. The maximum Gasteiger partial charge on any atom is 0.265 e. The van der Waals surface area contributed by atoms with Crippen LogP contribution in [-0.4, -0.2) is 29.2 Å². The number of anilines is 2. The van der Waals surface area contributed by atoms with Gasteiger partial charge >= 0.3 is 0 Å². The van der Waals surface area contributed by atoms with Crippen molar-refractivity contribution in [3.05, 3.63) is 29.5 Å². The van der Waals surface area contributed by atoms with E-state index in [1.165, 1.54) is 11.3 Å². The summed E-state index contributed by atoms with van der Waals surface area (Å²) in [5.74, 6) is -0.155. The normalized spacial score (nSPS) is 16.3. The van der Waals surface area contributed by atoms with Crippen LogP contribution in [0.1, 0.15) is 23.0 Å². The number of thioether (sulfide) groups is 1. The molecule has 1 aromatic carbocycles. The highest BCUT2D eigenvalue weighted by atomic mass is 32.2. The van der Waals surface area contributed by atoms with Crippen molar-refractivity contribution >= 4 is 45.7 Å². The lowest BCUT2D eigenvalue weighted by Gasteiger charge is -2.24. The summed E-state index contributed by atoms with van der Waals surface area (Å²) in [5.41, 5.74) is 1.76. The van der Waals surface area contributed by atoms with Gasteiger partial charge in [0.25, 0.3) is 11.8 Å². The standard InChI is InChI=1S/C15H15N3O3S2/c1-7-14(22-3)23-15(16-7)18-13(20)9-5-4-6-10-11(9)21-8(2)12(19)17-10/h4-6,8H,1-3H3,(H,17,19)(H,16,18,20)/t8-/m1/s1. The molecule has 6 nitrogen and oxygen atoms in total. The van der Waals surface area contributed by atoms with Gasteiger partial charge in [-0.2, -0.15) is 0 Å². The van der Waals surface area contributed by atoms with Gasteiger partial charge in [-0.25, -0.2) is 4.98 Å². The zero-order valence-electron chi connectivity index (χ0n) is 12.8. The van der Waals surface area contributed by atoms with Gasteiger partial charge in [0.05, 0.1) is 21.2 Å². The predicted octanol–water partition coefficient (Wildman–Crippen LogP) is 3.15. The van der Waals surface area contributed by atoms with Gasteiger partial charge in [-0.1, -0.05) is 17.4 Å². The number of para-hydroxylation sites is 1. The van der Waals surface area contributed by atoms with Gasteiger partial charge in [-0.15, -0.1) is 11.8 Å². The smallest absolute Gasteiger partial charge is 0.265 e.